The average Bonchev–Trinajstić information content (AvgIpc) is 2.93. The lowest BCUT2D eigenvalue weighted by molar-refractivity contribution is 0.102. The summed E-state index contributed by atoms with van der Waals surface area (Å²) in [5.41, 5.74) is 8.32. The monoisotopic (exact) mass is 318 g/mol. The Bertz CT molecular complexity index is 680. The molecule has 6 nitrogen and oxygen atoms in total. The lowest BCUT2D eigenvalue weighted by Crippen LogP contribution is -2.36. The van der Waals surface area contributed by atoms with Crippen molar-refractivity contribution in [2.45, 2.75) is 6.92 Å². The Kier molecular flexibility index (Phi) is 4.26. The Balaban J connectivity index is 1.75. The van der Waals surface area contributed by atoms with Crippen LogP contribution >= 0.6 is 11.3 Å². The van der Waals surface area contributed by atoms with Crippen molar-refractivity contribution in [2.75, 3.05) is 42.3 Å². The van der Waals surface area contributed by atoms with E-state index < -0.39 is 0 Å². The predicted molar refractivity (Wildman–Crippen MR) is 88.7 cm³/mol. The second-order valence-electron chi connectivity index (χ2n) is 5.12. The first-order chi connectivity index (χ1) is 10.6. The molecule has 3 rings (SSSR count). The lowest BCUT2D eigenvalue weighted by Gasteiger charge is -2.29. The number of rotatable bonds is 3. The molecule has 0 bridgehead atoms. The average molecular weight is 318 g/mol. The summed E-state index contributed by atoms with van der Waals surface area (Å²) in [4.78, 5) is 18.6. The van der Waals surface area contributed by atoms with Crippen LogP contribution in [-0.4, -0.2) is 37.2 Å². The number of nitrogens with two attached hydrogens (primary N) is 1. The molecule has 2 aromatic rings. The van der Waals surface area contributed by atoms with E-state index in [0.717, 1.165) is 37.6 Å². The van der Waals surface area contributed by atoms with Gasteiger partial charge in [0.2, 0.25) is 0 Å². The topological polar surface area (TPSA) is 80.5 Å². The summed E-state index contributed by atoms with van der Waals surface area (Å²) in [5, 5.41) is 3.87. The molecule has 1 amide bonds. The van der Waals surface area contributed by atoms with E-state index in [2.05, 4.69) is 15.2 Å². The number of aryl methyl sites for hydroxylation is 1. The number of nitrogens with one attached hydrogen (secondary N) is 1. The van der Waals surface area contributed by atoms with E-state index in [9.17, 15) is 4.79 Å². The van der Waals surface area contributed by atoms with Gasteiger partial charge in [-0.25, -0.2) is 4.98 Å². The molecule has 1 aromatic heterocycles. The molecule has 0 unspecified atom stereocenters. The SMILES string of the molecule is Cc1cc(N2CCOCC2)ccc1C(=O)Nc1ncc(N)s1. The number of carbonyl (C=O) groups is 1. The van der Waals surface area contributed by atoms with Gasteiger partial charge in [0, 0.05) is 24.3 Å². The summed E-state index contributed by atoms with van der Waals surface area (Å²) in [6.07, 6.45) is 1.54. The number of ether oxygens (including phenoxy) is 1. The third-order valence-electron chi connectivity index (χ3n) is 3.57. The first-order valence-corrected chi connectivity index (χ1v) is 7.91. The quantitative estimate of drug-likeness (QED) is 0.906. The Hall–Kier alpha value is -2.12. The van der Waals surface area contributed by atoms with Crippen molar-refractivity contribution in [3.8, 4) is 0 Å². The zero-order chi connectivity index (χ0) is 15.5. The standard InChI is InChI=1S/C15H18N4O2S/c1-10-8-11(19-4-6-21-7-5-19)2-3-12(10)14(20)18-15-17-9-13(16)22-15/h2-3,8-9H,4-7,16H2,1H3,(H,17,18,20). The number of hydrogen-bond acceptors (Lipinski definition) is 6. The van der Waals surface area contributed by atoms with Gasteiger partial charge in [0.15, 0.2) is 5.13 Å². The molecular formula is C15H18N4O2S. The van der Waals surface area contributed by atoms with Gasteiger partial charge in [-0.2, -0.15) is 0 Å². The van der Waals surface area contributed by atoms with Gasteiger partial charge in [0.25, 0.3) is 5.91 Å². The number of anilines is 3. The highest BCUT2D eigenvalue weighted by Gasteiger charge is 2.15. The molecule has 1 aliphatic rings. The van der Waals surface area contributed by atoms with Gasteiger partial charge in [-0.05, 0) is 30.7 Å². The van der Waals surface area contributed by atoms with E-state index >= 15 is 0 Å². The number of nitrogen functional groups attached to an aromatic ring is 1. The number of amides is 1. The van der Waals surface area contributed by atoms with Gasteiger partial charge in [0.05, 0.1) is 19.4 Å². The van der Waals surface area contributed by atoms with Crippen LogP contribution in [0.2, 0.25) is 0 Å². The molecular weight excluding hydrogens is 300 g/mol. The molecule has 7 heteroatoms. The summed E-state index contributed by atoms with van der Waals surface area (Å²) in [5.74, 6) is -0.166. The van der Waals surface area contributed by atoms with Gasteiger partial charge in [-0.1, -0.05) is 11.3 Å². The van der Waals surface area contributed by atoms with Crippen molar-refractivity contribution in [3.05, 3.63) is 35.5 Å². The zero-order valence-electron chi connectivity index (χ0n) is 12.3. The van der Waals surface area contributed by atoms with Crippen LogP contribution < -0.4 is 16.0 Å². The minimum atomic E-state index is -0.166. The normalized spacial score (nSPS) is 14.9. The molecule has 22 heavy (non-hydrogen) atoms. The van der Waals surface area contributed by atoms with Crippen LogP contribution in [0.4, 0.5) is 15.8 Å². The molecule has 1 aliphatic heterocycles. The van der Waals surface area contributed by atoms with Crippen LogP contribution in [0, 0.1) is 6.92 Å². The molecule has 1 aromatic carbocycles. The van der Waals surface area contributed by atoms with E-state index in [-0.39, 0.29) is 5.91 Å². The summed E-state index contributed by atoms with van der Waals surface area (Å²) in [6, 6.07) is 5.87. The summed E-state index contributed by atoms with van der Waals surface area (Å²) in [7, 11) is 0. The molecule has 0 radical (unpaired) electrons. The highest BCUT2D eigenvalue weighted by Crippen LogP contribution is 2.23. The smallest absolute Gasteiger partial charge is 0.257 e. The number of carbonyl (C=O) groups excluding carboxylic acids is 1. The minimum Gasteiger partial charge on any atom is -0.389 e. The van der Waals surface area contributed by atoms with E-state index in [1.807, 2.05) is 25.1 Å². The maximum Gasteiger partial charge on any atom is 0.257 e. The summed E-state index contributed by atoms with van der Waals surface area (Å²) < 4.78 is 5.36. The molecule has 2 heterocycles. The van der Waals surface area contributed by atoms with E-state index in [1.165, 1.54) is 17.5 Å². The highest BCUT2D eigenvalue weighted by atomic mass is 32.1. The van der Waals surface area contributed by atoms with Crippen molar-refractivity contribution in [2.24, 2.45) is 0 Å². The van der Waals surface area contributed by atoms with Gasteiger partial charge in [0.1, 0.15) is 5.00 Å². The van der Waals surface area contributed by atoms with Crippen molar-refractivity contribution < 1.29 is 9.53 Å². The van der Waals surface area contributed by atoms with Crippen LogP contribution in [0.1, 0.15) is 15.9 Å². The van der Waals surface area contributed by atoms with Gasteiger partial charge >= 0.3 is 0 Å². The third-order valence-corrected chi connectivity index (χ3v) is 4.32. The molecule has 0 aliphatic carbocycles. The van der Waals surface area contributed by atoms with Gasteiger partial charge < -0.3 is 15.4 Å². The number of nitrogens with zero attached hydrogens (tertiary/aromatic N) is 2. The maximum atomic E-state index is 12.3. The van der Waals surface area contributed by atoms with Crippen molar-refractivity contribution in [3.63, 3.8) is 0 Å². The maximum absolute atomic E-state index is 12.3. The predicted octanol–water partition coefficient (Wildman–Crippen LogP) is 2.12. The molecule has 116 valence electrons. The Morgan fingerprint density at radius 3 is 2.82 bits per heavy atom. The number of morpholine rings is 1. The van der Waals surface area contributed by atoms with Crippen LogP contribution in [-0.2, 0) is 4.74 Å². The van der Waals surface area contributed by atoms with Crippen LogP contribution in [0.25, 0.3) is 0 Å². The highest BCUT2D eigenvalue weighted by molar-refractivity contribution is 7.19. The number of hydrogen-bond donors (Lipinski definition) is 2. The van der Waals surface area contributed by atoms with E-state index in [4.69, 9.17) is 10.5 Å². The fourth-order valence-electron chi connectivity index (χ4n) is 2.43. The van der Waals surface area contributed by atoms with Crippen LogP contribution in [0.3, 0.4) is 0 Å². The number of aromatic nitrogens is 1. The van der Waals surface area contributed by atoms with Gasteiger partial charge in [-0.3, -0.25) is 10.1 Å². The fraction of sp³-hybridized carbons (Fsp3) is 0.333. The first kappa shape index (κ1) is 14.8. The minimum absolute atomic E-state index is 0.166. The van der Waals surface area contributed by atoms with Crippen molar-refractivity contribution >= 4 is 33.1 Å². The summed E-state index contributed by atoms with van der Waals surface area (Å²) in [6.45, 7) is 5.18. The van der Waals surface area contributed by atoms with E-state index in [1.54, 1.807) is 0 Å². The summed E-state index contributed by atoms with van der Waals surface area (Å²) >= 11 is 1.26. The number of thiazole rings is 1. The van der Waals surface area contributed by atoms with Crippen LogP contribution in [0.15, 0.2) is 24.4 Å². The lowest BCUT2D eigenvalue weighted by atomic mass is 10.1. The second kappa shape index (κ2) is 6.33. The molecule has 1 fully saturated rings. The zero-order valence-corrected chi connectivity index (χ0v) is 13.2. The fourth-order valence-corrected chi connectivity index (χ4v) is 3.01. The first-order valence-electron chi connectivity index (χ1n) is 7.09. The Labute approximate surface area is 132 Å². The Morgan fingerprint density at radius 2 is 2.18 bits per heavy atom. The third kappa shape index (κ3) is 3.20. The number of benzene rings is 1. The molecule has 3 N–H and O–H groups in total. The van der Waals surface area contributed by atoms with Crippen molar-refractivity contribution in [1.29, 1.82) is 0 Å². The second-order valence-corrected chi connectivity index (χ2v) is 6.18. The largest absolute Gasteiger partial charge is 0.389 e. The molecule has 0 saturated carbocycles. The van der Waals surface area contributed by atoms with Crippen LogP contribution in [0.5, 0.6) is 0 Å². The van der Waals surface area contributed by atoms with Gasteiger partial charge in [-0.15, -0.1) is 0 Å². The Morgan fingerprint density at radius 1 is 1.41 bits per heavy atom. The van der Waals surface area contributed by atoms with E-state index in [0.29, 0.717) is 15.7 Å². The molecule has 0 atom stereocenters. The molecule has 1 saturated heterocycles. The molecule has 0 spiro atoms. The van der Waals surface area contributed by atoms with Crippen molar-refractivity contribution in [1.82, 2.24) is 4.98 Å².